The second-order valence-corrected chi connectivity index (χ2v) is 14.0. The molecule has 2 aromatic heterocycles. The number of aromatic nitrogens is 5. The first-order valence-corrected chi connectivity index (χ1v) is 16.3. The zero-order chi connectivity index (χ0) is 30.4. The van der Waals surface area contributed by atoms with Gasteiger partial charge in [-0.1, -0.05) is 29.5 Å². The van der Waals surface area contributed by atoms with E-state index in [9.17, 15) is 16.8 Å². The Morgan fingerprint density at radius 3 is 2.55 bits per heavy atom. The SMILES string of the molecule is CC(=O)[O-].Nc1nc2c(-c3ccc(S(=O)(=O)NC4CCC5OC4CC5N)c(S(N)(=O)=O)c3-c3nn[nH]n3)cccc2s1. The van der Waals surface area contributed by atoms with E-state index in [1.54, 1.807) is 12.1 Å². The summed E-state index contributed by atoms with van der Waals surface area (Å²) in [5.74, 6) is -1.24. The molecular formula is C23H26N9O7S3-. The van der Waals surface area contributed by atoms with Crippen LogP contribution in [0.4, 0.5) is 5.13 Å². The number of hydrogen-bond acceptors (Lipinski definition) is 14. The highest BCUT2D eigenvalue weighted by Gasteiger charge is 2.44. The lowest BCUT2D eigenvalue weighted by Gasteiger charge is -2.30. The number of carbonyl (C=O) groups excluding carboxylic acids is 1. The highest BCUT2D eigenvalue weighted by molar-refractivity contribution is 7.92. The molecule has 16 nitrogen and oxygen atoms in total. The zero-order valence-corrected chi connectivity index (χ0v) is 24.4. The molecule has 2 aliphatic rings. The van der Waals surface area contributed by atoms with Crippen molar-refractivity contribution in [2.75, 3.05) is 5.73 Å². The predicted molar refractivity (Wildman–Crippen MR) is 149 cm³/mol. The number of fused-ring (bicyclic) bond motifs is 3. The Bertz CT molecular complexity index is 1860. The Morgan fingerprint density at radius 1 is 1.14 bits per heavy atom. The van der Waals surface area contributed by atoms with E-state index < -0.39 is 48.0 Å². The quantitative estimate of drug-likeness (QED) is 0.171. The molecule has 0 amide bonds. The number of sulfonamides is 2. The van der Waals surface area contributed by atoms with E-state index in [2.05, 4.69) is 30.3 Å². The summed E-state index contributed by atoms with van der Waals surface area (Å²) >= 11 is 1.25. The Morgan fingerprint density at radius 2 is 1.88 bits per heavy atom. The number of nitrogens with zero attached hydrogens (tertiary/aromatic N) is 4. The van der Waals surface area contributed by atoms with Gasteiger partial charge in [0.2, 0.25) is 25.9 Å². The van der Waals surface area contributed by atoms with E-state index in [1.165, 1.54) is 23.5 Å². The van der Waals surface area contributed by atoms with Crippen LogP contribution >= 0.6 is 11.3 Å². The molecule has 4 aromatic rings. The molecule has 8 N–H and O–H groups in total. The number of carboxylic acid groups (broad SMARTS) is 1. The smallest absolute Gasteiger partial charge is 0.242 e. The molecule has 2 aromatic carbocycles. The minimum absolute atomic E-state index is 0.118. The third-order valence-electron chi connectivity index (χ3n) is 6.84. The number of para-hydroxylation sites is 1. The van der Waals surface area contributed by atoms with Crippen LogP contribution in [0.2, 0.25) is 0 Å². The number of aromatic amines is 1. The number of nitrogens with one attached hydrogen (secondary N) is 2. The molecule has 0 spiro atoms. The van der Waals surface area contributed by atoms with Gasteiger partial charge in [0.05, 0.1) is 28.0 Å². The molecule has 4 heterocycles. The van der Waals surface area contributed by atoms with E-state index in [0.717, 1.165) is 11.6 Å². The number of carboxylic acids is 1. The molecule has 6 rings (SSSR count). The molecule has 0 saturated carbocycles. The Kier molecular flexibility index (Phi) is 8.00. The van der Waals surface area contributed by atoms with E-state index in [0.29, 0.717) is 35.5 Å². The van der Waals surface area contributed by atoms with Gasteiger partial charge in [-0.2, -0.15) is 5.21 Å². The third kappa shape index (κ3) is 5.84. The molecule has 0 aliphatic carbocycles. The van der Waals surface area contributed by atoms with Gasteiger partial charge in [0, 0.05) is 23.6 Å². The summed E-state index contributed by atoms with van der Waals surface area (Å²) in [6.07, 6.45) is 1.04. The molecule has 2 aliphatic heterocycles. The first-order chi connectivity index (χ1) is 19.8. The lowest BCUT2D eigenvalue weighted by atomic mass is 9.98. The van der Waals surface area contributed by atoms with Crippen LogP contribution in [0, 0.1) is 0 Å². The van der Waals surface area contributed by atoms with Crippen molar-refractivity contribution in [2.45, 2.75) is 60.3 Å². The second kappa shape index (κ2) is 11.2. The number of carbonyl (C=O) groups is 1. The van der Waals surface area contributed by atoms with Gasteiger partial charge in [-0.3, -0.25) is 0 Å². The number of rotatable bonds is 6. The molecule has 2 saturated heterocycles. The lowest BCUT2D eigenvalue weighted by molar-refractivity contribution is -0.302. The number of nitrogen functional groups attached to an aromatic ring is 1. The van der Waals surface area contributed by atoms with Crippen LogP contribution < -0.4 is 26.4 Å². The van der Waals surface area contributed by atoms with E-state index in [-0.39, 0.29) is 29.1 Å². The van der Waals surface area contributed by atoms with Gasteiger partial charge in [-0.25, -0.2) is 31.7 Å². The number of H-pyrrole nitrogens is 1. The number of aliphatic carboxylic acids is 1. The van der Waals surface area contributed by atoms with Crippen LogP contribution in [0.25, 0.3) is 32.7 Å². The summed E-state index contributed by atoms with van der Waals surface area (Å²) in [6.45, 7) is 0.972. The minimum Gasteiger partial charge on any atom is -0.550 e. The number of anilines is 1. The van der Waals surface area contributed by atoms with Crippen molar-refractivity contribution in [2.24, 2.45) is 10.9 Å². The molecule has 42 heavy (non-hydrogen) atoms. The Hall–Kier alpha value is -3.59. The topological polar surface area (TPSA) is 275 Å². The summed E-state index contributed by atoms with van der Waals surface area (Å²) in [6, 6.07) is 7.18. The average Bonchev–Trinajstić information content (AvgIpc) is 3.63. The van der Waals surface area contributed by atoms with Crippen molar-refractivity contribution in [1.82, 2.24) is 30.3 Å². The van der Waals surface area contributed by atoms with Gasteiger partial charge in [0.1, 0.15) is 9.79 Å². The standard InChI is InChI=1S/C21H23N9O5S3.C2H4O2/c22-11-8-14-12(5-6-13(11)35-14)28-38(33,34)16-7-4-9(10-2-1-3-15-18(10)25-21(23)36-15)17(19(16)37(24,31)32)20-26-29-30-27-20;1-2(3)4/h1-4,7,11-14,28H,5-6,8,22H2,(H2,23,25)(H2,24,31,32)(H,26,27,29,30);1H3,(H,3,4)/p-1. The highest BCUT2D eigenvalue weighted by Crippen LogP contribution is 2.42. The van der Waals surface area contributed by atoms with Crippen molar-refractivity contribution in [3.05, 3.63) is 30.3 Å². The van der Waals surface area contributed by atoms with Crippen LogP contribution in [0.15, 0.2) is 40.1 Å². The van der Waals surface area contributed by atoms with Gasteiger partial charge >= 0.3 is 0 Å². The molecule has 2 fully saturated rings. The fourth-order valence-corrected chi connectivity index (χ4v) is 8.89. The van der Waals surface area contributed by atoms with E-state index in [1.807, 2.05) is 6.07 Å². The molecular weight excluding hydrogens is 611 g/mol. The van der Waals surface area contributed by atoms with Crippen LogP contribution in [0.3, 0.4) is 0 Å². The zero-order valence-electron chi connectivity index (χ0n) is 21.9. The number of benzene rings is 2. The number of ether oxygens (including phenoxy) is 1. The fourth-order valence-electron chi connectivity index (χ4n) is 5.22. The van der Waals surface area contributed by atoms with Crippen molar-refractivity contribution in [3.8, 4) is 22.5 Å². The largest absolute Gasteiger partial charge is 0.550 e. The molecule has 2 bridgehead atoms. The van der Waals surface area contributed by atoms with Gasteiger partial charge < -0.3 is 26.1 Å². The highest BCUT2D eigenvalue weighted by atomic mass is 32.2. The Labute approximate surface area is 243 Å². The van der Waals surface area contributed by atoms with Crippen LogP contribution in [0.1, 0.15) is 26.2 Å². The van der Waals surface area contributed by atoms with Crippen molar-refractivity contribution < 1.29 is 31.5 Å². The molecule has 4 atom stereocenters. The lowest BCUT2D eigenvalue weighted by Crippen LogP contribution is -2.46. The van der Waals surface area contributed by atoms with Crippen LogP contribution in [0.5, 0.6) is 0 Å². The van der Waals surface area contributed by atoms with Gasteiger partial charge in [-0.15, -0.1) is 10.2 Å². The van der Waals surface area contributed by atoms with Crippen molar-refractivity contribution in [1.29, 1.82) is 0 Å². The molecule has 4 unspecified atom stereocenters. The van der Waals surface area contributed by atoms with E-state index >= 15 is 0 Å². The maximum absolute atomic E-state index is 13.7. The first kappa shape index (κ1) is 29.9. The van der Waals surface area contributed by atoms with Crippen LogP contribution in [-0.4, -0.2) is 72.7 Å². The maximum atomic E-state index is 13.7. The Balaban J connectivity index is 0.000000830. The second-order valence-electron chi connectivity index (χ2n) is 9.71. The average molecular weight is 637 g/mol. The molecule has 19 heteroatoms. The minimum atomic E-state index is -4.65. The van der Waals surface area contributed by atoms with Crippen LogP contribution in [-0.2, 0) is 29.6 Å². The number of hydrogen-bond donors (Lipinski definition) is 5. The summed E-state index contributed by atoms with van der Waals surface area (Å²) in [5.41, 5.74) is 13.2. The van der Waals surface area contributed by atoms with Crippen molar-refractivity contribution >= 4 is 52.7 Å². The fraction of sp³-hybridized carbons (Fsp3) is 0.348. The maximum Gasteiger partial charge on any atom is 0.242 e. The number of primary sulfonamides is 1. The summed E-state index contributed by atoms with van der Waals surface area (Å²) in [7, 11) is -9.06. The monoisotopic (exact) mass is 636 g/mol. The predicted octanol–water partition coefficient (Wildman–Crippen LogP) is -0.945. The molecule has 0 radical (unpaired) electrons. The summed E-state index contributed by atoms with van der Waals surface area (Å²) < 4.78 is 62.7. The summed E-state index contributed by atoms with van der Waals surface area (Å²) in [5, 5.41) is 28.6. The molecule has 224 valence electrons. The number of tetrazole rings is 1. The summed E-state index contributed by atoms with van der Waals surface area (Å²) in [4.78, 5) is 12.1. The van der Waals surface area contributed by atoms with Gasteiger partial charge in [0.15, 0.2) is 5.13 Å². The number of nitrogens with two attached hydrogens (primary N) is 3. The van der Waals surface area contributed by atoms with Gasteiger partial charge in [-0.05, 0) is 49.1 Å². The van der Waals surface area contributed by atoms with Gasteiger partial charge in [0.25, 0.3) is 0 Å². The van der Waals surface area contributed by atoms with E-state index in [4.69, 9.17) is 31.2 Å². The first-order valence-electron chi connectivity index (χ1n) is 12.5. The normalized spacial score (nSPS) is 22.1. The van der Waals surface area contributed by atoms with Crippen molar-refractivity contribution in [3.63, 3.8) is 0 Å². The third-order valence-corrected chi connectivity index (χ3v) is 10.3. The number of thiazole rings is 1.